The number of carbonyl (C=O) groups is 1. The van der Waals surface area contributed by atoms with Crippen molar-refractivity contribution >= 4 is 44.7 Å². The van der Waals surface area contributed by atoms with Crippen LogP contribution in [0.1, 0.15) is 30.7 Å². The Morgan fingerprint density at radius 2 is 2.19 bits per heavy atom. The number of carbonyl (C=O) groups excluding carboxylic acids is 1. The van der Waals surface area contributed by atoms with E-state index < -0.39 is 0 Å². The van der Waals surface area contributed by atoms with Crippen LogP contribution < -0.4 is 15.4 Å². The number of thiophene rings is 1. The van der Waals surface area contributed by atoms with E-state index in [0.29, 0.717) is 17.4 Å². The molecule has 1 atom stereocenters. The maximum absolute atomic E-state index is 11.4. The number of aryl methyl sites for hydroxylation is 1. The summed E-state index contributed by atoms with van der Waals surface area (Å²) in [6.07, 6.45) is 4.95. The maximum Gasteiger partial charge on any atom is 0.221 e. The molecule has 0 saturated heterocycles. The van der Waals surface area contributed by atoms with Crippen molar-refractivity contribution < 1.29 is 9.53 Å². The van der Waals surface area contributed by atoms with Crippen LogP contribution in [0.25, 0.3) is 10.2 Å². The van der Waals surface area contributed by atoms with Gasteiger partial charge >= 0.3 is 0 Å². The molecule has 6 nitrogen and oxygen atoms in total. The average molecular weight is 382 g/mol. The summed E-state index contributed by atoms with van der Waals surface area (Å²) in [7, 11) is 1.63. The second-order valence-electron chi connectivity index (χ2n) is 6.98. The first kappa shape index (κ1) is 17.7. The highest BCUT2D eigenvalue weighted by atomic mass is 32.1. The molecule has 0 bridgehead atoms. The minimum atomic E-state index is -0.114. The lowest BCUT2D eigenvalue weighted by Gasteiger charge is -2.18. The van der Waals surface area contributed by atoms with Crippen LogP contribution in [0.4, 0.5) is 17.2 Å². The van der Waals surface area contributed by atoms with E-state index in [4.69, 9.17) is 4.74 Å². The second kappa shape index (κ2) is 7.15. The van der Waals surface area contributed by atoms with Gasteiger partial charge in [-0.15, -0.1) is 11.3 Å². The number of rotatable bonds is 4. The van der Waals surface area contributed by atoms with Gasteiger partial charge in [-0.05, 0) is 48.9 Å². The molecule has 4 rings (SSSR count). The molecule has 7 heteroatoms. The van der Waals surface area contributed by atoms with E-state index >= 15 is 0 Å². The number of hydrogen-bond donors (Lipinski definition) is 2. The zero-order chi connectivity index (χ0) is 19.0. The molecular weight excluding hydrogens is 360 g/mol. The molecule has 0 radical (unpaired) electrons. The highest BCUT2D eigenvalue weighted by molar-refractivity contribution is 7.19. The Morgan fingerprint density at radius 1 is 1.33 bits per heavy atom. The fraction of sp³-hybridized carbons (Fsp3) is 0.350. The van der Waals surface area contributed by atoms with E-state index in [1.54, 1.807) is 24.8 Å². The van der Waals surface area contributed by atoms with Gasteiger partial charge in [0, 0.05) is 17.5 Å². The summed E-state index contributed by atoms with van der Waals surface area (Å²) in [6.45, 7) is 3.79. The maximum atomic E-state index is 11.4. The first-order valence-corrected chi connectivity index (χ1v) is 9.84. The molecular formula is C20H22N4O2S. The lowest BCUT2D eigenvalue weighted by Crippen LogP contribution is -2.09. The molecule has 0 saturated carbocycles. The van der Waals surface area contributed by atoms with E-state index in [1.807, 2.05) is 18.2 Å². The number of hydrogen-bond acceptors (Lipinski definition) is 6. The van der Waals surface area contributed by atoms with E-state index in [0.717, 1.165) is 34.6 Å². The first-order chi connectivity index (χ1) is 13.0. The molecule has 0 spiro atoms. The minimum Gasteiger partial charge on any atom is -0.495 e. The van der Waals surface area contributed by atoms with Crippen LogP contribution in [0.2, 0.25) is 0 Å². The SMILES string of the molecule is COc1ccc(NC(C)=O)cc1Nc1ncnc2sc3c(c12)CC[C@@H](C)C3. The van der Waals surface area contributed by atoms with Crippen molar-refractivity contribution in [3.05, 3.63) is 35.0 Å². The summed E-state index contributed by atoms with van der Waals surface area (Å²) >= 11 is 1.77. The number of anilines is 3. The van der Waals surface area contributed by atoms with Crippen molar-refractivity contribution in [3.63, 3.8) is 0 Å². The smallest absolute Gasteiger partial charge is 0.221 e. The van der Waals surface area contributed by atoms with Gasteiger partial charge in [0.25, 0.3) is 0 Å². The van der Waals surface area contributed by atoms with Crippen molar-refractivity contribution in [2.75, 3.05) is 17.7 Å². The number of methoxy groups -OCH3 is 1. The largest absolute Gasteiger partial charge is 0.495 e. The van der Waals surface area contributed by atoms with E-state index in [9.17, 15) is 4.79 Å². The third-order valence-corrected chi connectivity index (χ3v) is 6.03. The Bertz CT molecular complexity index is 1010. The highest BCUT2D eigenvalue weighted by Crippen LogP contribution is 2.41. The number of ether oxygens (including phenoxy) is 1. The Hall–Kier alpha value is -2.67. The molecule has 27 heavy (non-hydrogen) atoms. The Labute approximate surface area is 162 Å². The fourth-order valence-corrected chi connectivity index (χ4v) is 4.93. The number of aromatic nitrogens is 2. The van der Waals surface area contributed by atoms with Crippen molar-refractivity contribution in [3.8, 4) is 5.75 Å². The molecule has 0 unspecified atom stereocenters. The van der Waals surface area contributed by atoms with Crippen LogP contribution in [0, 0.1) is 5.92 Å². The summed E-state index contributed by atoms with van der Waals surface area (Å²) in [5, 5.41) is 7.32. The van der Waals surface area contributed by atoms with Gasteiger partial charge in [-0.3, -0.25) is 4.79 Å². The Balaban J connectivity index is 1.77. The van der Waals surface area contributed by atoms with Gasteiger partial charge in [0.2, 0.25) is 5.91 Å². The first-order valence-electron chi connectivity index (χ1n) is 9.03. The number of amides is 1. The van der Waals surface area contributed by atoms with Gasteiger partial charge in [0.05, 0.1) is 18.2 Å². The number of benzene rings is 1. The van der Waals surface area contributed by atoms with E-state index in [-0.39, 0.29) is 5.91 Å². The van der Waals surface area contributed by atoms with E-state index in [1.165, 1.54) is 23.8 Å². The molecule has 1 amide bonds. The normalized spacial score (nSPS) is 16.0. The quantitative estimate of drug-likeness (QED) is 0.693. The number of nitrogens with zero attached hydrogens (tertiary/aromatic N) is 2. The van der Waals surface area contributed by atoms with Gasteiger partial charge in [0.1, 0.15) is 22.7 Å². The highest BCUT2D eigenvalue weighted by Gasteiger charge is 2.23. The van der Waals surface area contributed by atoms with Gasteiger partial charge in [-0.25, -0.2) is 9.97 Å². The van der Waals surface area contributed by atoms with Crippen molar-refractivity contribution in [2.45, 2.75) is 33.1 Å². The number of nitrogens with one attached hydrogen (secondary N) is 2. The summed E-state index contributed by atoms with van der Waals surface area (Å²) < 4.78 is 5.48. The Kier molecular flexibility index (Phi) is 4.70. The van der Waals surface area contributed by atoms with Crippen LogP contribution in [-0.2, 0) is 17.6 Å². The zero-order valence-electron chi connectivity index (χ0n) is 15.6. The molecule has 2 aromatic heterocycles. The van der Waals surface area contributed by atoms with Gasteiger partial charge in [-0.2, -0.15) is 0 Å². The summed E-state index contributed by atoms with van der Waals surface area (Å²) in [6, 6.07) is 5.50. The molecule has 140 valence electrons. The molecule has 2 N–H and O–H groups in total. The van der Waals surface area contributed by atoms with Crippen LogP contribution >= 0.6 is 11.3 Å². The fourth-order valence-electron chi connectivity index (χ4n) is 3.58. The third-order valence-electron chi connectivity index (χ3n) is 4.86. The van der Waals surface area contributed by atoms with Crippen molar-refractivity contribution in [1.82, 2.24) is 9.97 Å². The summed E-state index contributed by atoms with van der Waals surface area (Å²) in [5.41, 5.74) is 2.83. The second-order valence-corrected chi connectivity index (χ2v) is 8.06. The number of fused-ring (bicyclic) bond motifs is 3. The predicted octanol–water partition coefficient (Wildman–Crippen LogP) is 4.53. The molecule has 0 aliphatic heterocycles. The van der Waals surface area contributed by atoms with Gasteiger partial charge in [-0.1, -0.05) is 6.92 Å². The molecule has 1 aliphatic carbocycles. The summed E-state index contributed by atoms with van der Waals surface area (Å²) in [4.78, 5) is 22.8. The zero-order valence-corrected chi connectivity index (χ0v) is 16.4. The Morgan fingerprint density at radius 3 is 2.96 bits per heavy atom. The van der Waals surface area contributed by atoms with Crippen LogP contribution in [-0.4, -0.2) is 23.0 Å². The standard InChI is InChI=1S/C20H22N4O2S/c1-11-4-6-14-17(8-11)27-20-18(14)19(21-10-22-20)24-15-9-13(23-12(2)25)5-7-16(15)26-3/h5,7,9-11H,4,6,8H2,1-3H3,(H,23,25)(H,21,22,24)/t11-/m1/s1. The minimum absolute atomic E-state index is 0.114. The molecule has 2 heterocycles. The third kappa shape index (κ3) is 3.47. The lowest BCUT2D eigenvalue weighted by molar-refractivity contribution is -0.114. The molecule has 1 aromatic carbocycles. The predicted molar refractivity (Wildman–Crippen MR) is 109 cm³/mol. The van der Waals surface area contributed by atoms with Gasteiger partial charge in [0.15, 0.2) is 0 Å². The lowest BCUT2D eigenvalue weighted by atomic mass is 9.89. The monoisotopic (exact) mass is 382 g/mol. The molecule has 0 fully saturated rings. The molecule has 3 aromatic rings. The van der Waals surface area contributed by atoms with Gasteiger partial charge < -0.3 is 15.4 Å². The summed E-state index contributed by atoms with van der Waals surface area (Å²) in [5.74, 6) is 2.07. The van der Waals surface area contributed by atoms with Crippen LogP contribution in [0.15, 0.2) is 24.5 Å². The topological polar surface area (TPSA) is 76.1 Å². The van der Waals surface area contributed by atoms with Crippen LogP contribution in [0.3, 0.4) is 0 Å². The average Bonchev–Trinajstić information content (AvgIpc) is 3.00. The van der Waals surface area contributed by atoms with Crippen molar-refractivity contribution in [1.29, 1.82) is 0 Å². The van der Waals surface area contributed by atoms with Crippen LogP contribution in [0.5, 0.6) is 5.75 Å². The van der Waals surface area contributed by atoms with E-state index in [2.05, 4.69) is 27.5 Å². The van der Waals surface area contributed by atoms with Crippen molar-refractivity contribution in [2.24, 2.45) is 5.92 Å². The molecule has 1 aliphatic rings.